The fourth-order valence-corrected chi connectivity index (χ4v) is 4.23. The molecule has 2 aromatic heterocycles. The summed E-state index contributed by atoms with van der Waals surface area (Å²) >= 11 is 1.23. The van der Waals surface area contributed by atoms with Gasteiger partial charge in [-0.2, -0.15) is 26.3 Å². The molecule has 182 valence electrons. The van der Waals surface area contributed by atoms with Crippen molar-refractivity contribution >= 4 is 33.2 Å². The number of anilines is 1. The largest absolute Gasteiger partial charge is 0.490 e. The quantitative estimate of drug-likeness (QED) is 0.232. The maximum atomic E-state index is 13.0. The summed E-state index contributed by atoms with van der Waals surface area (Å²) < 4.78 is 82.5. The van der Waals surface area contributed by atoms with Crippen molar-refractivity contribution < 1.29 is 35.9 Å². The van der Waals surface area contributed by atoms with Crippen molar-refractivity contribution in [3.63, 3.8) is 0 Å². The first-order chi connectivity index (χ1) is 16.5. The molecule has 0 fully saturated rings. The predicted octanol–water partition coefficient (Wildman–Crippen LogP) is 6.64. The van der Waals surface area contributed by atoms with Crippen LogP contribution in [0.5, 0.6) is 0 Å². The van der Waals surface area contributed by atoms with Gasteiger partial charge in [0, 0.05) is 10.8 Å². The van der Waals surface area contributed by atoms with E-state index in [1.165, 1.54) is 41.9 Å². The summed E-state index contributed by atoms with van der Waals surface area (Å²) in [6, 6.07) is 14.4. The molecule has 35 heavy (non-hydrogen) atoms. The lowest BCUT2D eigenvalue weighted by molar-refractivity contribution is -0.204. The van der Waals surface area contributed by atoms with Crippen LogP contribution in [0.15, 0.2) is 67.0 Å². The average Bonchev–Trinajstić information content (AvgIpc) is 3.25. The van der Waals surface area contributed by atoms with Crippen LogP contribution in [-0.2, 0) is 15.7 Å². The highest BCUT2D eigenvalue weighted by atomic mass is 32.1. The number of aromatic nitrogens is 2. The summed E-state index contributed by atoms with van der Waals surface area (Å²) in [4.78, 5) is 20.2. The molecule has 4 rings (SSSR count). The Bertz CT molecular complexity index is 1340. The molecule has 0 aliphatic carbocycles. The van der Waals surface area contributed by atoms with Crippen molar-refractivity contribution in [2.45, 2.75) is 18.5 Å². The van der Waals surface area contributed by atoms with Crippen LogP contribution in [0.1, 0.15) is 17.2 Å². The molecular formula is C23H15F6N3O2S. The second kappa shape index (κ2) is 9.53. The standard InChI is InChI=1S/C23H15F6N3O2S/c24-22(25,26)15-6-7-18-14(8-15)9-19(35-18)16-10-20(32-12-31-16)30-11-17(13-4-2-1-3-5-13)34-21(33)23(27,28)29/h1-10,12,17H,11H2,(H,30,31,32)/t17-/m0/s1. The van der Waals surface area contributed by atoms with Gasteiger partial charge in [0.25, 0.3) is 0 Å². The Kier molecular flexibility index (Phi) is 6.66. The number of ether oxygens (including phenoxy) is 1. The average molecular weight is 511 g/mol. The fourth-order valence-electron chi connectivity index (χ4n) is 3.22. The highest BCUT2D eigenvalue weighted by Crippen LogP contribution is 2.37. The molecule has 0 bridgehead atoms. The molecule has 2 aromatic carbocycles. The van der Waals surface area contributed by atoms with Crippen LogP contribution in [0.4, 0.5) is 32.2 Å². The Morgan fingerprint density at radius 1 is 0.971 bits per heavy atom. The third-order valence-electron chi connectivity index (χ3n) is 4.88. The highest BCUT2D eigenvalue weighted by molar-refractivity contribution is 7.22. The van der Waals surface area contributed by atoms with E-state index in [0.717, 1.165) is 12.1 Å². The van der Waals surface area contributed by atoms with Crippen molar-refractivity contribution in [1.82, 2.24) is 9.97 Å². The summed E-state index contributed by atoms with van der Waals surface area (Å²) in [5, 5.41) is 3.23. The molecule has 0 radical (unpaired) electrons. The smallest absolute Gasteiger partial charge is 0.449 e. The minimum atomic E-state index is -5.15. The van der Waals surface area contributed by atoms with Crippen molar-refractivity contribution in [2.24, 2.45) is 0 Å². The van der Waals surface area contributed by atoms with Crippen molar-refractivity contribution in [1.29, 1.82) is 0 Å². The van der Waals surface area contributed by atoms with Gasteiger partial charge < -0.3 is 10.1 Å². The second-order valence-corrected chi connectivity index (χ2v) is 8.42. The summed E-state index contributed by atoms with van der Waals surface area (Å²) in [7, 11) is 0. The van der Waals surface area contributed by atoms with E-state index in [9.17, 15) is 31.1 Å². The maximum Gasteiger partial charge on any atom is 0.490 e. The fraction of sp³-hybridized carbons (Fsp3) is 0.174. The summed E-state index contributed by atoms with van der Waals surface area (Å²) in [5.74, 6) is -2.09. The zero-order valence-electron chi connectivity index (χ0n) is 17.5. The Morgan fingerprint density at radius 2 is 1.71 bits per heavy atom. The van der Waals surface area contributed by atoms with Gasteiger partial charge in [-0.3, -0.25) is 0 Å². The van der Waals surface area contributed by atoms with E-state index in [1.807, 2.05) is 0 Å². The van der Waals surface area contributed by atoms with Gasteiger partial charge in [0.1, 0.15) is 18.2 Å². The van der Waals surface area contributed by atoms with Crippen molar-refractivity contribution in [3.8, 4) is 10.6 Å². The molecule has 5 nitrogen and oxygen atoms in total. The topological polar surface area (TPSA) is 64.1 Å². The van der Waals surface area contributed by atoms with Gasteiger partial charge >= 0.3 is 18.3 Å². The first-order valence-electron chi connectivity index (χ1n) is 10.0. The number of fused-ring (bicyclic) bond motifs is 1. The minimum Gasteiger partial charge on any atom is -0.449 e. The number of esters is 1. The van der Waals surface area contributed by atoms with E-state index in [1.54, 1.807) is 24.3 Å². The first kappa shape index (κ1) is 24.5. The van der Waals surface area contributed by atoms with Gasteiger partial charge in [-0.25, -0.2) is 14.8 Å². The van der Waals surface area contributed by atoms with Gasteiger partial charge in [-0.15, -0.1) is 11.3 Å². The van der Waals surface area contributed by atoms with E-state index in [4.69, 9.17) is 0 Å². The lowest BCUT2D eigenvalue weighted by Crippen LogP contribution is -2.29. The molecular weight excluding hydrogens is 496 g/mol. The number of benzene rings is 2. The molecule has 0 amide bonds. The summed E-state index contributed by atoms with van der Waals surface area (Å²) in [5.41, 5.74) is -0.0163. The molecule has 0 unspecified atom stereocenters. The zero-order chi connectivity index (χ0) is 25.2. The molecule has 1 N–H and O–H groups in total. The van der Waals surface area contributed by atoms with E-state index in [-0.39, 0.29) is 12.4 Å². The highest BCUT2D eigenvalue weighted by Gasteiger charge is 2.42. The van der Waals surface area contributed by atoms with E-state index >= 15 is 0 Å². The van der Waals surface area contributed by atoms with Crippen LogP contribution in [-0.4, -0.2) is 28.7 Å². The van der Waals surface area contributed by atoms with Gasteiger partial charge in [-0.05, 0) is 35.2 Å². The number of nitrogens with zero attached hydrogens (tertiary/aromatic N) is 2. The van der Waals surface area contributed by atoms with Crippen LogP contribution in [0.25, 0.3) is 20.7 Å². The third-order valence-corrected chi connectivity index (χ3v) is 6.02. The van der Waals surface area contributed by atoms with Crippen molar-refractivity contribution in [3.05, 3.63) is 78.1 Å². The number of nitrogens with one attached hydrogen (secondary N) is 1. The molecule has 2 heterocycles. The normalized spacial score (nSPS) is 13.0. The van der Waals surface area contributed by atoms with Gasteiger partial charge in [-0.1, -0.05) is 30.3 Å². The third kappa shape index (κ3) is 5.88. The number of alkyl halides is 6. The Morgan fingerprint density at radius 3 is 2.40 bits per heavy atom. The lowest BCUT2D eigenvalue weighted by Gasteiger charge is -2.20. The number of rotatable bonds is 6. The molecule has 0 saturated heterocycles. The number of carbonyl (C=O) groups excluding carboxylic acids is 1. The number of hydrogen-bond donors (Lipinski definition) is 1. The molecule has 0 spiro atoms. The van der Waals surface area contributed by atoms with Crippen LogP contribution in [0.2, 0.25) is 0 Å². The maximum absolute atomic E-state index is 13.0. The minimum absolute atomic E-state index is 0.219. The number of halogens is 6. The van der Waals surface area contributed by atoms with E-state index < -0.39 is 30.0 Å². The van der Waals surface area contributed by atoms with Crippen molar-refractivity contribution in [2.75, 3.05) is 11.9 Å². The number of hydrogen-bond acceptors (Lipinski definition) is 6. The van der Waals surface area contributed by atoms with Crippen LogP contribution >= 0.6 is 11.3 Å². The van der Waals surface area contributed by atoms with E-state index in [0.29, 0.717) is 26.2 Å². The van der Waals surface area contributed by atoms with Gasteiger partial charge in [0.15, 0.2) is 0 Å². The predicted molar refractivity (Wildman–Crippen MR) is 118 cm³/mol. The lowest BCUT2D eigenvalue weighted by atomic mass is 10.1. The zero-order valence-corrected chi connectivity index (χ0v) is 18.3. The van der Waals surface area contributed by atoms with Gasteiger partial charge in [0.2, 0.25) is 0 Å². The summed E-state index contributed by atoms with van der Waals surface area (Å²) in [6.45, 7) is -0.219. The molecule has 1 atom stereocenters. The Hall–Kier alpha value is -3.67. The molecule has 12 heteroatoms. The van der Waals surface area contributed by atoms with Crippen LogP contribution in [0.3, 0.4) is 0 Å². The SMILES string of the molecule is O=C(O[C@@H](CNc1cc(-c2cc3cc(C(F)(F)F)ccc3s2)ncn1)c1ccccc1)C(F)(F)F. The number of thiophene rings is 1. The molecule has 0 aliphatic rings. The summed E-state index contributed by atoms with van der Waals surface area (Å²) in [6.07, 6.45) is -9.66. The van der Waals surface area contributed by atoms with Crippen LogP contribution in [0, 0.1) is 0 Å². The van der Waals surface area contributed by atoms with Crippen LogP contribution < -0.4 is 5.32 Å². The Labute approximate surface area is 198 Å². The monoisotopic (exact) mass is 511 g/mol. The second-order valence-electron chi connectivity index (χ2n) is 7.33. The molecule has 4 aromatic rings. The Balaban J connectivity index is 1.54. The first-order valence-corrected chi connectivity index (χ1v) is 10.8. The van der Waals surface area contributed by atoms with E-state index in [2.05, 4.69) is 20.0 Å². The number of carbonyl (C=O) groups is 1. The molecule has 0 aliphatic heterocycles. The molecule has 0 saturated carbocycles. The van der Waals surface area contributed by atoms with Gasteiger partial charge in [0.05, 0.1) is 22.7 Å².